The molecule has 12 N–H and O–H groups in total. The number of hydrogen-bond acceptors (Lipinski definition) is 32. The van der Waals surface area contributed by atoms with E-state index in [2.05, 4.69) is 159 Å². The fourth-order valence-corrected chi connectivity index (χ4v) is 17.1. The average molecular weight is 1870 g/mol. The van der Waals surface area contributed by atoms with Crippen LogP contribution < -0.4 is 39.3 Å². The van der Waals surface area contributed by atoms with Crippen LogP contribution in [-0.2, 0) is 33.7 Å². The lowest BCUT2D eigenvalue weighted by Gasteiger charge is -2.29. The normalized spacial score (nSPS) is 13.2. The first-order chi connectivity index (χ1) is 69.1. The molecule has 10 aromatic heterocycles. The monoisotopic (exact) mass is 1870 g/mol. The van der Waals surface area contributed by atoms with E-state index in [0.29, 0.717) is 62.2 Å². The number of rotatable bonds is 17. The Morgan fingerprint density at radius 2 is 0.688 bits per heavy atom. The standard InChI is InChI=1S/2C23H22N6O.C22H20N6O.C20H16FN5.C19H14N6O/c24-23-26-21(17-4-2-1-3-5-17)22(27-28-23)18-6-7-20-19(13-18)12-16(14-25-20)15-29-8-10-30-11-9-29;24-23-26-21(16-4-2-1-3-5-16)22(27-28-23)17-6-7-20-19(14-17)18(8-9-25-20)15-29-10-12-30-13-11-29;23-22-25-20(15-4-2-1-3-5-15)21(26-27-22)16-6-7-18-17(14-16)19(8-9-24-18)28-10-12-29-13-11-28;1-2-12-9-10-23-17-8-5-14(11-16(12)17)19-18(24-20(22)26-25-19)13-3-6-15(21)7-4-13;20-18(26)14-10-13(9-12-7-4-8-22-15(12)14)17-16(23-19(21)25-24-17)11-5-2-1-3-6-11/h1-7,12-14H,8-11,15H2,(H2,24,26,28);1-9,14H,10-13,15H2,(H2,24,26,28);1-9,14H,10-13H2,(H2,23,25,27);3-11H,2H2,1H3,(H2,22,24,26);1-10H,(H2,20,26)(H2,21,23,25). The van der Waals surface area contributed by atoms with Crippen molar-refractivity contribution >= 4 is 95.9 Å². The molecule has 0 atom stereocenters. The number of ether oxygens (including phenoxy) is 3. The van der Waals surface area contributed by atoms with Gasteiger partial charge in [-0.3, -0.25) is 39.5 Å². The van der Waals surface area contributed by atoms with E-state index >= 15 is 0 Å². The zero-order chi connectivity index (χ0) is 96.5. The Morgan fingerprint density at radius 1 is 0.319 bits per heavy atom. The third-order valence-corrected chi connectivity index (χ3v) is 24.0. The molecule has 698 valence electrons. The van der Waals surface area contributed by atoms with Crippen LogP contribution in [0.5, 0.6) is 0 Å². The molecule has 10 aromatic carbocycles. The third kappa shape index (κ3) is 21.7. The second-order valence-corrected chi connectivity index (χ2v) is 33.2. The molecule has 33 nitrogen and oxygen atoms in total. The zero-order valence-corrected chi connectivity index (χ0v) is 76.7. The highest BCUT2D eigenvalue weighted by atomic mass is 19.1. The number of aryl methyl sites for hydroxylation is 1. The van der Waals surface area contributed by atoms with Gasteiger partial charge < -0.3 is 53.5 Å². The number of amides is 1. The Balaban J connectivity index is 0.000000112. The summed E-state index contributed by atoms with van der Waals surface area (Å²) in [5.41, 5.74) is 59.3. The number of pyridine rings is 5. The second kappa shape index (κ2) is 43.1. The number of morpholine rings is 3. The Bertz CT molecular complexity index is 7880. The summed E-state index contributed by atoms with van der Waals surface area (Å²) in [7, 11) is 0. The summed E-state index contributed by atoms with van der Waals surface area (Å²) in [5, 5.41) is 46.5. The lowest BCUT2D eigenvalue weighted by atomic mass is 9.99. The summed E-state index contributed by atoms with van der Waals surface area (Å²) in [6.45, 7) is 13.9. The minimum atomic E-state index is -0.562. The van der Waals surface area contributed by atoms with E-state index in [9.17, 15) is 9.18 Å². The van der Waals surface area contributed by atoms with Crippen molar-refractivity contribution in [3.05, 3.63) is 326 Å². The van der Waals surface area contributed by atoms with Crippen LogP contribution in [0.4, 0.5) is 39.8 Å². The number of primary amides is 1. The number of aromatic nitrogens is 20. The number of nitrogen functional groups attached to an aromatic ring is 5. The van der Waals surface area contributed by atoms with Crippen LogP contribution in [0.25, 0.3) is 167 Å². The fourth-order valence-electron chi connectivity index (χ4n) is 17.1. The largest absolute Gasteiger partial charge is 0.379 e. The molecule has 3 aliphatic heterocycles. The number of nitrogens with two attached hydrogens (primary N) is 6. The highest BCUT2D eigenvalue weighted by Crippen LogP contribution is 2.40. The molecule has 34 heteroatoms. The predicted octanol–water partition coefficient (Wildman–Crippen LogP) is 16.0. The van der Waals surface area contributed by atoms with Gasteiger partial charge in [0.05, 0.1) is 72.8 Å². The molecule has 141 heavy (non-hydrogen) atoms. The molecule has 0 aliphatic carbocycles. The van der Waals surface area contributed by atoms with Gasteiger partial charge in [0.25, 0.3) is 5.91 Å². The summed E-state index contributed by atoms with van der Waals surface area (Å²) in [6.07, 6.45) is 10.0. The van der Waals surface area contributed by atoms with Crippen molar-refractivity contribution in [3.8, 4) is 113 Å². The number of fused-ring (bicyclic) bond motifs is 5. The van der Waals surface area contributed by atoms with Crippen LogP contribution in [-0.4, -0.2) is 195 Å². The first-order valence-electron chi connectivity index (χ1n) is 45.8. The van der Waals surface area contributed by atoms with E-state index in [1.807, 2.05) is 219 Å². The summed E-state index contributed by atoms with van der Waals surface area (Å²) >= 11 is 0. The van der Waals surface area contributed by atoms with Crippen molar-refractivity contribution in [2.24, 2.45) is 5.73 Å². The van der Waals surface area contributed by atoms with Gasteiger partial charge in [0.2, 0.25) is 29.7 Å². The molecule has 23 rings (SSSR count). The van der Waals surface area contributed by atoms with Crippen molar-refractivity contribution in [1.29, 1.82) is 0 Å². The summed E-state index contributed by atoms with van der Waals surface area (Å²) in [6, 6.07) is 85.2. The van der Waals surface area contributed by atoms with Gasteiger partial charge in [-0.1, -0.05) is 159 Å². The first kappa shape index (κ1) is 92.4. The summed E-state index contributed by atoms with van der Waals surface area (Å²) in [5.74, 6) is -0.247. The summed E-state index contributed by atoms with van der Waals surface area (Å²) in [4.78, 5) is 63.6. The Hall–Kier alpha value is -17.7. The maximum Gasteiger partial charge on any atom is 0.250 e. The molecule has 3 saturated heterocycles. The van der Waals surface area contributed by atoms with Gasteiger partial charge >= 0.3 is 0 Å². The Morgan fingerprint density at radius 3 is 1.13 bits per heavy atom. The molecule has 0 unspecified atom stereocenters. The molecule has 13 heterocycles. The van der Waals surface area contributed by atoms with Crippen molar-refractivity contribution in [2.75, 3.05) is 112 Å². The molecule has 1 amide bonds. The van der Waals surface area contributed by atoms with Crippen molar-refractivity contribution in [2.45, 2.75) is 26.4 Å². The molecule has 0 radical (unpaired) electrons. The van der Waals surface area contributed by atoms with E-state index in [0.717, 1.165) is 215 Å². The predicted molar refractivity (Wildman–Crippen MR) is 545 cm³/mol. The molecule has 0 spiro atoms. The number of carbonyl (C=O) groups is 1. The quantitative estimate of drug-likeness (QED) is 0.0493. The van der Waals surface area contributed by atoms with Crippen LogP contribution in [0.15, 0.2) is 298 Å². The molecular weight excluding hydrogens is 1770 g/mol. The SMILES string of the molecule is CCc1ccnc2ccc(-c3nnc(N)nc3-c3ccc(F)cc3)cc12.NC(=O)c1cc(-c2nnc(N)nc2-c2ccccc2)cc2cccnc12.Nc1nnc(-c2ccc3ncc(CN4CCOCC4)cc3c2)c(-c2ccccc2)n1.Nc1nnc(-c2ccc3nccc(CN4CCOCC4)c3c2)c(-c2ccccc2)n1.Nc1nnc(-c2ccc3nccc(N4CCOCC4)c3c2)c(-c2ccccc2)n1. The van der Waals surface area contributed by atoms with Crippen LogP contribution in [0, 0.1) is 5.82 Å². The van der Waals surface area contributed by atoms with Gasteiger partial charge in [-0.2, -0.15) is 0 Å². The third-order valence-electron chi connectivity index (χ3n) is 24.0. The number of hydrogen-bond donors (Lipinski definition) is 6. The van der Waals surface area contributed by atoms with Crippen LogP contribution in [0.1, 0.15) is 34.0 Å². The average Bonchev–Trinajstić information content (AvgIpc) is 0.811. The molecule has 20 aromatic rings. The lowest BCUT2D eigenvalue weighted by molar-refractivity contribution is 0.0341. The van der Waals surface area contributed by atoms with Gasteiger partial charge in [0.15, 0.2) is 0 Å². The van der Waals surface area contributed by atoms with Crippen LogP contribution in [0.2, 0.25) is 0 Å². The molecule has 0 saturated carbocycles. The lowest BCUT2D eigenvalue weighted by Crippen LogP contribution is -2.36. The highest BCUT2D eigenvalue weighted by Gasteiger charge is 2.25. The smallest absolute Gasteiger partial charge is 0.250 e. The minimum Gasteiger partial charge on any atom is -0.379 e. The van der Waals surface area contributed by atoms with Crippen molar-refractivity contribution in [3.63, 3.8) is 0 Å². The summed E-state index contributed by atoms with van der Waals surface area (Å²) < 4.78 is 29.7. The van der Waals surface area contributed by atoms with E-state index in [4.69, 9.17) is 48.6 Å². The fraction of sp³-hybridized carbons (Fsp3) is 0.150. The van der Waals surface area contributed by atoms with Gasteiger partial charge in [0.1, 0.15) is 62.8 Å². The minimum absolute atomic E-state index is 0.0739. The Kier molecular flexibility index (Phi) is 28.2. The zero-order valence-electron chi connectivity index (χ0n) is 76.7. The van der Waals surface area contributed by atoms with E-state index in [1.165, 1.54) is 28.8 Å². The van der Waals surface area contributed by atoms with Gasteiger partial charge in [-0.15, -0.1) is 51.0 Å². The van der Waals surface area contributed by atoms with Crippen molar-refractivity contribution < 1.29 is 23.4 Å². The van der Waals surface area contributed by atoms with Crippen molar-refractivity contribution in [1.82, 2.24) is 111 Å². The first-order valence-corrected chi connectivity index (χ1v) is 45.8. The van der Waals surface area contributed by atoms with Gasteiger partial charge in [0, 0.05) is 172 Å². The number of benzene rings is 10. The molecule has 3 fully saturated rings. The topological polar surface area (TPSA) is 468 Å². The van der Waals surface area contributed by atoms with Crippen LogP contribution in [0.3, 0.4) is 0 Å². The number of halogens is 1. The highest BCUT2D eigenvalue weighted by molar-refractivity contribution is 6.07. The van der Waals surface area contributed by atoms with E-state index in [-0.39, 0.29) is 35.6 Å². The van der Waals surface area contributed by atoms with E-state index in [1.54, 1.807) is 30.5 Å². The maximum absolute atomic E-state index is 13.3. The Labute approximate surface area is 808 Å². The maximum atomic E-state index is 13.3. The van der Waals surface area contributed by atoms with E-state index < -0.39 is 5.91 Å². The number of nitrogens with zero attached hydrogens (tertiary/aromatic N) is 23. The molecule has 0 bridgehead atoms. The molecule has 3 aliphatic rings. The number of anilines is 6. The van der Waals surface area contributed by atoms with Crippen LogP contribution >= 0.6 is 0 Å². The second-order valence-electron chi connectivity index (χ2n) is 33.2. The van der Waals surface area contributed by atoms with Gasteiger partial charge in [-0.05, 0) is 138 Å². The van der Waals surface area contributed by atoms with Gasteiger partial charge in [-0.25, -0.2) is 29.3 Å². The number of carbonyl (C=O) groups excluding carboxylic acids is 1. The molecular formula is C107H94FN29O4.